The first-order chi connectivity index (χ1) is 12.7. The van der Waals surface area contributed by atoms with Crippen molar-refractivity contribution in [2.45, 2.75) is 39.3 Å². The number of aromatic nitrogens is 2. The zero-order valence-electron chi connectivity index (χ0n) is 14.6. The molecule has 0 amide bonds. The number of pyridine rings is 1. The zero-order chi connectivity index (χ0) is 19.9. The van der Waals surface area contributed by atoms with Crippen molar-refractivity contribution in [1.82, 2.24) is 9.97 Å². The lowest BCUT2D eigenvalue weighted by Gasteiger charge is -2.04. The van der Waals surface area contributed by atoms with E-state index in [1.54, 1.807) is 6.92 Å². The van der Waals surface area contributed by atoms with Crippen LogP contribution in [-0.2, 0) is 12.6 Å². The fraction of sp³-hybridized carbons (Fsp3) is 0.333. The summed E-state index contributed by atoms with van der Waals surface area (Å²) >= 11 is 2.18. The molecule has 1 atom stereocenters. The van der Waals surface area contributed by atoms with Gasteiger partial charge in [-0.2, -0.15) is 18.4 Å². The van der Waals surface area contributed by atoms with Crippen molar-refractivity contribution in [3.05, 3.63) is 43.8 Å². The second-order valence-corrected chi connectivity index (χ2v) is 8.17. The summed E-state index contributed by atoms with van der Waals surface area (Å²) < 4.78 is 38.7. The van der Waals surface area contributed by atoms with Crippen LogP contribution < -0.4 is 0 Å². The third-order valence-corrected chi connectivity index (χ3v) is 6.49. The number of nitrogens with zero attached hydrogens (tertiary/aromatic N) is 3. The second kappa shape index (κ2) is 7.02. The molecule has 0 aliphatic carbocycles. The number of nitriles is 1. The Morgan fingerprint density at radius 1 is 1.26 bits per heavy atom. The van der Waals surface area contributed by atoms with Crippen LogP contribution in [0.15, 0.2) is 12.1 Å². The Bertz CT molecular complexity index is 1080. The molecule has 3 heterocycles. The number of carbonyl (C=O) groups excluding carboxylic acids is 1. The molecular formula is C18H14F3N3OS2. The lowest BCUT2D eigenvalue weighted by molar-refractivity contribution is -0.140. The third-order valence-electron chi connectivity index (χ3n) is 4.20. The summed E-state index contributed by atoms with van der Waals surface area (Å²) in [5, 5.41) is 10.4. The second-order valence-electron chi connectivity index (χ2n) is 5.94. The van der Waals surface area contributed by atoms with Gasteiger partial charge in [-0.15, -0.1) is 22.7 Å². The van der Waals surface area contributed by atoms with Gasteiger partial charge in [-0.25, -0.2) is 9.97 Å². The number of Topliss-reactive ketones (excluding diaryl/α,β-unsaturated/α-hetero) is 1. The number of hydrogen-bond acceptors (Lipinski definition) is 6. The molecule has 0 fully saturated rings. The van der Waals surface area contributed by atoms with E-state index in [0.717, 1.165) is 28.0 Å². The minimum atomic E-state index is -4.56. The molecule has 0 radical (unpaired) electrons. The van der Waals surface area contributed by atoms with Crippen LogP contribution in [0.2, 0.25) is 0 Å². The molecule has 3 aromatic heterocycles. The number of ketones is 1. The Labute approximate surface area is 161 Å². The van der Waals surface area contributed by atoms with Crippen molar-refractivity contribution in [1.29, 1.82) is 5.26 Å². The summed E-state index contributed by atoms with van der Waals surface area (Å²) in [6.07, 6.45) is -3.86. The maximum absolute atomic E-state index is 13.0. The van der Waals surface area contributed by atoms with Gasteiger partial charge in [0.05, 0.1) is 16.6 Å². The minimum Gasteiger partial charge on any atom is -0.291 e. The van der Waals surface area contributed by atoms with Crippen molar-refractivity contribution < 1.29 is 18.0 Å². The van der Waals surface area contributed by atoms with E-state index in [9.17, 15) is 23.2 Å². The van der Waals surface area contributed by atoms with Gasteiger partial charge in [0.2, 0.25) is 0 Å². The summed E-state index contributed by atoms with van der Waals surface area (Å²) in [6.45, 7) is 5.47. The standard InChI is InChI=1S/C18H14F3N3OS2/c1-4-12-9(3)26-17(23-12)11(7-22)14(25)15-8(2)10-5-6-13(18(19,20)21)24-16(10)27-15/h5-6,11H,4H2,1-3H3. The monoisotopic (exact) mass is 409 g/mol. The van der Waals surface area contributed by atoms with Crippen LogP contribution >= 0.6 is 22.7 Å². The predicted molar refractivity (Wildman–Crippen MR) is 98.3 cm³/mol. The Balaban J connectivity index is 2.06. The number of hydrogen-bond donors (Lipinski definition) is 0. The zero-order valence-corrected chi connectivity index (χ0v) is 16.3. The van der Waals surface area contributed by atoms with Crippen LogP contribution in [0.3, 0.4) is 0 Å². The first-order valence-corrected chi connectivity index (χ1v) is 9.68. The summed E-state index contributed by atoms with van der Waals surface area (Å²) in [7, 11) is 0. The van der Waals surface area contributed by atoms with Gasteiger partial charge >= 0.3 is 6.18 Å². The lowest BCUT2D eigenvalue weighted by atomic mass is 10.0. The van der Waals surface area contributed by atoms with Gasteiger partial charge in [-0.1, -0.05) is 6.92 Å². The molecule has 0 aliphatic heterocycles. The van der Waals surface area contributed by atoms with Crippen molar-refractivity contribution in [3.63, 3.8) is 0 Å². The summed E-state index contributed by atoms with van der Waals surface area (Å²) in [6, 6.07) is 4.21. The van der Waals surface area contributed by atoms with Gasteiger partial charge in [-0.3, -0.25) is 4.79 Å². The van der Waals surface area contributed by atoms with Crippen LogP contribution in [0, 0.1) is 25.2 Å². The van der Waals surface area contributed by atoms with E-state index in [0.29, 0.717) is 22.4 Å². The van der Waals surface area contributed by atoms with Crippen molar-refractivity contribution >= 4 is 38.7 Å². The third kappa shape index (κ3) is 3.47. The molecular weight excluding hydrogens is 395 g/mol. The molecule has 0 saturated heterocycles. The molecule has 0 aromatic carbocycles. The maximum Gasteiger partial charge on any atom is 0.433 e. The topological polar surface area (TPSA) is 66.6 Å². The van der Waals surface area contributed by atoms with Crippen LogP contribution in [0.25, 0.3) is 10.2 Å². The van der Waals surface area contributed by atoms with Gasteiger partial charge in [-0.05, 0) is 38.0 Å². The SMILES string of the molecule is CCc1nc(C(C#N)C(=O)c2sc3nc(C(F)(F)F)ccc3c2C)sc1C. The highest BCUT2D eigenvalue weighted by Crippen LogP contribution is 2.37. The molecule has 4 nitrogen and oxygen atoms in total. The first kappa shape index (κ1) is 19.5. The molecule has 9 heteroatoms. The highest BCUT2D eigenvalue weighted by Gasteiger charge is 2.34. The number of fused-ring (bicyclic) bond motifs is 1. The summed E-state index contributed by atoms with van der Waals surface area (Å²) in [5.74, 6) is -1.54. The Kier molecular flexibility index (Phi) is 5.06. The number of halogens is 3. The number of thiophene rings is 1. The molecule has 3 aromatic rings. The lowest BCUT2D eigenvalue weighted by Crippen LogP contribution is -2.10. The van der Waals surface area contributed by atoms with Crippen molar-refractivity contribution in [2.24, 2.45) is 0 Å². The molecule has 0 aliphatic rings. The van der Waals surface area contributed by atoms with Crippen molar-refractivity contribution in [3.8, 4) is 6.07 Å². The number of aryl methyl sites for hydroxylation is 3. The van der Waals surface area contributed by atoms with E-state index in [-0.39, 0.29) is 9.71 Å². The normalized spacial score (nSPS) is 12.9. The van der Waals surface area contributed by atoms with Gasteiger partial charge in [0.25, 0.3) is 0 Å². The largest absolute Gasteiger partial charge is 0.433 e. The molecule has 0 saturated carbocycles. The fourth-order valence-corrected chi connectivity index (χ4v) is 4.96. The molecule has 0 N–H and O–H groups in total. The fourth-order valence-electron chi connectivity index (χ4n) is 2.75. The summed E-state index contributed by atoms with van der Waals surface area (Å²) in [5.41, 5.74) is 0.369. The Morgan fingerprint density at radius 2 is 1.96 bits per heavy atom. The Hall–Kier alpha value is -2.31. The van der Waals surface area contributed by atoms with Gasteiger partial charge < -0.3 is 0 Å². The van der Waals surface area contributed by atoms with Crippen LogP contribution in [0.4, 0.5) is 13.2 Å². The molecule has 27 heavy (non-hydrogen) atoms. The van der Waals surface area contributed by atoms with Crippen LogP contribution in [-0.4, -0.2) is 15.8 Å². The molecule has 1 unspecified atom stereocenters. The van der Waals surface area contributed by atoms with Crippen LogP contribution in [0.5, 0.6) is 0 Å². The van der Waals surface area contributed by atoms with Gasteiger partial charge in [0, 0.05) is 10.3 Å². The predicted octanol–water partition coefficient (Wildman–Crippen LogP) is 5.44. The highest BCUT2D eigenvalue weighted by atomic mass is 32.1. The van der Waals surface area contributed by atoms with E-state index in [1.807, 2.05) is 19.9 Å². The Morgan fingerprint density at radius 3 is 2.52 bits per heavy atom. The van der Waals surface area contributed by atoms with E-state index >= 15 is 0 Å². The van der Waals surface area contributed by atoms with E-state index in [2.05, 4.69) is 9.97 Å². The maximum atomic E-state index is 13.0. The number of rotatable bonds is 4. The molecule has 3 rings (SSSR count). The number of carbonyl (C=O) groups is 1. The smallest absolute Gasteiger partial charge is 0.291 e. The van der Waals surface area contributed by atoms with E-state index in [4.69, 9.17) is 0 Å². The van der Waals surface area contributed by atoms with E-state index < -0.39 is 23.6 Å². The first-order valence-electron chi connectivity index (χ1n) is 8.04. The average Bonchev–Trinajstić information content (AvgIpc) is 3.14. The highest BCUT2D eigenvalue weighted by molar-refractivity contribution is 7.20. The van der Waals surface area contributed by atoms with Gasteiger partial charge in [0.1, 0.15) is 15.5 Å². The quantitative estimate of drug-likeness (QED) is 0.538. The number of thiazole rings is 1. The van der Waals surface area contributed by atoms with Crippen molar-refractivity contribution in [2.75, 3.05) is 0 Å². The number of alkyl halides is 3. The van der Waals surface area contributed by atoms with Crippen LogP contribution in [0.1, 0.15) is 49.3 Å². The van der Waals surface area contributed by atoms with E-state index in [1.165, 1.54) is 17.4 Å². The van der Waals surface area contributed by atoms with Gasteiger partial charge in [0.15, 0.2) is 11.7 Å². The molecule has 0 spiro atoms. The minimum absolute atomic E-state index is 0.131. The molecule has 140 valence electrons. The average molecular weight is 409 g/mol. The summed E-state index contributed by atoms with van der Waals surface area (Å²) in [4.78, 5) is 22.3. The molecule has 0 bridgehead atoms.